The van der Waals surface area contributed by atoms with Gasteiger partial charge in [0, 0.05) is 37.7 Å². The molecule has 4 heteroatoms. The standard InChI is InChI=1S/C23H30N2O2/c1-18-8-10-22(27-2)20(16-18)17-25-14-12-21(13-15-25)24-23(26)11-9-19-6-4-3-5-7-19/h3-8,10,16,21H,9,11-15,17H2,1-2H3,(H,24,26). The summed E-state index contributed by atoms with van der Waals surface area (Å²) < 4.78 is 5.50. The molecule has 2 aromatic carbocycles. The molecule has 1 N–H and O–H groups in total. The first kappa shape index (κ1) is 19.4. The van der Waals surface area contributed by atoms with Gasteiger partial charge in [0.15, 0.2) is 0 Å². The fourth-order valence-electron chi connectivity index (χ4n) is 3.71. The van der Waals surface area contributed by atoms with Crippen molar-refractivity contribution in [2.45, 2.75) is 45.2 Å². The summed E-state index contributed by atoms with van der Waals surface area (Å²) in [4.78, 5) is 14.7. The lowest BCUT2D eigenvalue weighted by Crippen LogP contribution is -2.44. The van der Waals surface area contributed by atoms with Gasteiger partial charge in [-0.3, -0.25) is 9.69 Å². The highest BCUT2D eigenvalue weighted by Crippen LogP contribution is 2.23. The molecule has 0 aliphatic carbocycles. The highest BCUT2D eigenvalue weighted by atomic mass is 16.5. The second-order valence-electron chi connectivity index (χ2n) is 7.42. The minimum absolute atomic E-state index is 0.164. The number of piperidine rings is 1. The predicted octanol–water partition coefficient (Wildman–Crippen LogP) is 3.72. The van der Waals surface area contributed by atoms with Crippen LogP contribution in [0.3, 0.4) is 0 Å². The van der Waals surface area contributed by atoms with E-state index in [4.69, 9.17) is 4.74 Å². The molecule has 1 aliphatic heterocycles. The van der Waals surface area contributed by atoms with Gasteiger partial charge >= 0.3 is 0 Å². The highest BCUT2D eigenvalue weighted by molar-refractivity contribution is 5.76. The number of amides is 1. The number of ether oxygens (including phenoxy) is 1. The molecule has 0 saturated carbocycles. The summed E-state index contributed by atoms with van der Waals surface area (Å²) in [5, 5.41) is 3.21. The Morgan fingerprint density at radius 1 is 1.15 bits per heavy atom. The Morgan fingerprint density at radius 2 is 1.89 bits per heavy atom. The average Bonchev–Trinajstić information content (AvgIpc) is 2.69. The lowest BCUT2D eigenvalue weighted by molar-refractivity contribution is -0.122. The number of hydrogen-bond acceptors (Lipinski definition) is 3. The van der Waals surface area contributed by atoms with Crippen molar-refractivity contribution in [2.24, 2.45) is 0 Å². The summed E-state index contributed by atoms with van der Waals surface area (Å²) in [5.41, 5.74) is 3.71. The SMILES string of the molecule is COc1ccc(C)cc1CN1CCC(NC(=O)CCc2ccccc2)CC1. The van der Waals surface area contributed by atoms with E-state index in [0.29, 0.717) is 12.5 Å². The van der Waals surface area contributed by atoms with Crippen LogP contribution in [0.1, 0.15) is 36.0 Å². The van der Waals surface area contributed by atoms with E-state index >= 15 is 0 Å². The Balaban J connectivity index is 1.42. The summed E-state index contributed by atoms with van der Waals surface area (Å²) in [6.45, 7) is 5.02. The molecule has 0 radical (unpaired) electrons. The number of nitrogens with zero attached hydrogens (tertiary/aromatic N) is 1. The zero-order valence-corrected chi connectivity index (χ0v) is 16.4. The van der Waals surface area contributed by atoms with Crippen LogP contribution in [0, 0.1) is 6.92 Å². The molecule has 144 valence electrons. The molecular weight excluding hydrogens is 336 g/mol. The summed E-state index contributed by atoms with van der Waals surface area (Å²) in [5.74, 6) is 1.12. The molecule has 1 heterocycles. The van der Waals surface area contributed by atoms with Crippen molar-refractivity contribution in [1.82, 2.24) is 10.2 Å². The third kappa shape index (κ3) is 5.83. The minimum Gasteiger partial charge on any atom is -0.496 e. The number of nitrogens with one attached hydrogen (secondary N) is 1. The van der Waals surface area contributed by atoms with E-state index < -0.39 is 0 Å². The third-order valence-electron chi connectivity index (χ3n) is 5.27. The van der Waals surface area contributed by atoms with Gasteiger partial charge in [0.05, 0.1) is 7.11 Å². The third-order valence-corrected chi connectivity index (χ3v) is 5.27. The monoisotopic (exact) mass is 366 g/mol. The first-order chi connectivity index (χ1) is 13.1. The molecule has 1 aliphatic rings. The summed E-state index contributed by atoms with van der Waals surface area (Å²) >= 11 is 0. The first-order valence-electron chi connectivity index (χ1n) is 9.83. The van der Waals surface area contributed by atoms with Gasteiger partial charge in [-0.15, -0.1) is 0 Å². The Hall–Kier alpha value is -2.33. The quantitative estimate of drug-likeness (QED) is 0.812. The Kier molecular flexibility index (Phi) is 6.88. The van der Waals surface area contributed by atoms with Crippen LogP contribution in [-0.2, 0) is 17.8 Å². The van der Waals surface area contributed by atoms with Crippen LogP contribution in [0.5, 0.6) is 5.75 Å². The van der Waals surface area contributed by atoms with E-state index in [1.165, 1.54) is 16.7 Å². The molecule has 3 rings (SSSR count). The van der Waals surface area contributed by atoms with Gasteiger partial charge in [0.1, 0.15) is 5.75 Å². The van der Waals surface area contributed by atoms with Crippen LogP contribution in [0.15, 0.2) is 48.5 Å². The number of aryl methyl sites for hydroxylation is 2. The second kappa shape index (κ2) is 9.56. The van der Waals surface area contributed by atoms with E-state index in [0.717, 1.165) is 44.6 Å². The van der Waals surface area contributed by atoms with E-state index in [1.54, 1.807) is 7.11 Å². The topological polar surface area (TPSA) is 41.6 Å². The van der Waals surface area contributed by atoms with Crippen LogP contribution < -0.4 is 10.1 Å². The van der Waals surface area contributed by atoms with Gasteiger partial charge in [0.2, 0.25) is 5.91 Å². The van der Waals surface area contributed by atoms with Gasteiger partial charge in [-0.2, -0.15) is 0 Å². The molecule has 27 heavy (non-hydrogen) atoms. The maximum Gasteiger partial charge on any atom is 0.220 e. The summed E-state index contributed by atoms with van der Waals surface area (Å²) in [6, 6.07) is 16.8. The fourth-order valence-corrected chi connectivity index (χ4v) is 3.71. The highest BCUT2D eigenvalue weighted by Gasteiger charge is 2.21. The fraction of sp³-hybridized carbons (Fsp3) is 0.435. The summed E-state index contributed by atoms with van der Waals surface area (Å²) in [6.07, 6.45) is 3.37. The van der Waals surface area contributed by atoms with Gasteiger partial charge < -0.3 is 10.1 Å². The molecule has 0 bridgehead atoms. The van der Waals surface area contributed by atoms with E-state index in [-0.39, 0.29) is 5.91 Å². The van der Waals surface area contributed by atoms with Crippen molar-refractivity contribution in [3.63, 3.8) is 0 Å². The Morgan fingerprint density at radius 3 is 2.59 bits per heavy atom. The minimum atomic E-state index is 0.164. The van der Waals surface area contributed by atoms with Crippen molar-refractivity contribution < 1.29 is 9.53 Å². The smallest absolute Gasteiger partial charge is 0.220 e. The van der Waals surface area contributed by atoms with Crippen molar-refractivity contribution >= 4 is 5.91 Å². The lowest BCUT2D eigenvalue weighted by Gasteiger charge is -2.32. The molecule has 4 nitrogen and oxygen atoms in total. The average molecular weight is 367 g/mol. The van der Waals surface area contributed by atoms with Crippen LogP contribution in [-0.4, -0.2) is 37.0 Å². The Bertz CT molecular complexity index is 737. The van der Waals surface area contributed by atoms with Gasteiger partial charge in [-0.1, -0.05) is 48.0 Å². The lowest BCUT2D eigenvalue weighted by atomic mass is 10.0. The van der Waals surface area contributed by atoms with Crippen LogP contribution in [0.2, 0.25) is 0 Å². The predicted molar refractivity (Wildman–Crippen MR) is 109 cm³/mol. The van der Waals surface area contributed by atoms with Gasteiger partial charge in [-0.25, -0.2) is 0 Å². The molecular formula is C23H30N2O2. The molecule has 0 spiro atoms. The van der Waals surface area contributed by atoms with Crippen molar-refractivity contribution in [2.75, 3.05) is 20.2 Å². The number of rotatable bonds is 7. The molecule has 2 aromatic rings. The number of benzene rings is 2. The first-order valence-corrected chi connectivity index (χ1v) is 9.83. The van der Waals surface area contributed by atoms with Crippen LogP contribution in [0.25, 0.3) is 0 Å². The summed E-state index contributed by atoms with van der Waals surface area (Å²) in [7, 11) is 1.73. The van der Waals surface area contributed by atoms with Crippen LogP contribution >= 0.6 is 0 Å². The number of carbonyl (C=O) groups is 1. The van der Waals surface area contributed by atoms with E-state index in [9.17, 15) is 4.79 Å². The Labute approximate surface area is 162 Å². The molecule has 0 aromatic heterocycles. The normalized spacial score (nSPS) is 15.5. The van der Waals surface area contributed by atoms with E-state index in [1.807, 2.05) is 24.3 Å². The van der Waals surface area contributed by atoms with Crippen molar-refractivity contribution in [3.8, 4) is 5.75 Å². The van der Waals surface area contributed by atoms with E-state index in [2.05, 4.69) is 41.4 Å². The second-order valence-corrected chi connectivity index (χ2v) is 7.42. The molecule has 1 amide bonds. The number of hydrogen-bond donors (Lipinski definition) is 1. The molecule has 0 atom stereocenters. The number of likely N-dealkylation sites (tertiary alicyclic amines) is 1. The largest absolute Gasteiger partial charge is 0.496 e. The number of methoxy groups -OCH3 is 1. The molecule has 1 saturated heterocycles. The zero-order valence-electron chi connectivity index (χ0n) is 16.4. The van der Waals surface area contributed by atoms with Gasteiger partial charge in [-0.05, 0) is 37.8 Å². The van der Waals surface area contributed by atoms with Crippen molar-refractivity contribution in [1.29, 1.82) is 0 Å². The number of carbonyl (C=O) groups excluding carboxylic acids is 1. The maximum absolute atomic E-state index is 12.2. The van der Waals surface area contributed by atoms with Crippen LogP contribution in [0.4, 0.5) is 0 Å². The maximum atomic E-state index is 12.2. The molecule has 1 fully saturated rings. The zero-order chi connectivity index (χ0) is 19.1. The van der Waals surface area contributed by atoms with Crippen molar-refractivity contribution in [3.05, 3.63) is 65.2 Å². The van der Waals surface area contributed by atoms with Gasteiger partial charge in [0.25, 0.3) is 0 Å². The molecule has 0 unspecified atom stereocenters.